The summed E-state index contributed by atoms with van der Waals surface area (Å²) in [6.07, 6.45) is 7.13. The number of ether oxygens (including phenoxy) is 2. The lowest BCUT2D eigenvalue weighted by Gasteiger charge is -2.43. The Labute approximate surface area is 126 Å². The highest BCUT2D eigenvalue weighted by Crippen LogP contribution is 2.41. The fourth-order valence-electron chi connectivity index (χ4n) is 3.68. The molecule has 2 atom stereocenters. The molecule has 0 amide bonds. The van der Waals surface area contributed by atoms with Crippen LogP contribution in [0.3, 0.4) is 0 Å². The number of furan rings is 1. The van der Waals surface area contributed by atoms with E-state index in [1.54, 1.807) is 6.26 Å². The molecule has 116 valence electrons. The maximum Gasteiger partial charge on any atom is 0.117 e. The summed E-state index contributed by atoms with van der Waals surface area (Å²) in [5.41, 5.74) is -0.0218. The van der Waals surface area contributed by atoms with E-state index in [0.29, 0.717) is 12.5 Å². The van der Waals surface area contributed by atoms with E-state index in [4.69, 9.17) is 13.9 Å². The predicted molar refractivity (Wildman–Crippen MR) is 81.0 cm³/mol. The summed E-state index contributed by atoms with van der Waals surface area (Å²) in [7, 11) is 0. The van der Waals surface area contributed by atoms with Gasteiger partial charge in [0.15, 0.2) is 0 Å². The molecule has 1 aromatic rings. The molecule has 1 aromatic heterocycles. The fraction of sp³-hybridized carbons (Fsp3) is 0.647. The van der Waals surface area contributed by atoms with Crippen molar-refractivity contribution in [3.8, 4) is 0 Å². The molecule has 3 rings (SSSR count). The van der Waals surface area contributed by atoms with Crippen LogP contribution in [0.2, 0.25) is 0 Å². The van der Waals surface area contributed by atoms with E-state index in [2.05, 4.69) is 11.5 Å². The molecule has 0 N–H and O–H groups in total. The molecule has 4 heteroatoms. The topological polar surface area (TPSA) is 34.8 Å². The van der Waals surface area contributed by atoms with E-state index < -0.39 is 0 Å². The first-order valence-corrected chi connectivity index (χ1v) is 7.90. The minimum atomic E-state index is -0.0218. The van der Waals surface area contributed by atoms with Crippen molar-refractivity contribution in [3.63, 3.8) is 0 Å². The molecule has 0 radical (unpaired) electrons. The highest BCUT2D eigenvalue weighted by atomic mass is 16.5. The molecule has 1 spiro atoms. The number of morpholine rings is 1. The predicted octanol–water partition coefficient (Wildman–Crippen LogP) is 2.85. The minimum Gasteiger partial charge on any atom is -0.468 e. The van der Waals surface area contributed by atoms with Crippen molar-refractivity contribution in [2.24, 2.45) is 5.92 Å². The number of hydrogen-bond donors (Lipinski definition) is 0. The fourth-order valence-corrected chi connectivity index (χ4v) is 3.68. The van der Waals surface area contributed by atoms with Crippen LogP contribution in [-0.2, 0) is 16.0 Å². The first-order chi connectivity index (χ1) is 10.3. The lowest BCUT2D eigenvalue weighted by Crippen LogP contribution is -2.54. The van der Waals surface area contributed by atoms with E-state index in [9.17, 15) is 0 Å². The summed E-state index contributed by atoms with van der Waals surface area (Å²) in [6.45, 7) is 8.75. The Morgan fingerprint density at radius 1 is 1.52 bits per heavy atom. The van der Waals surface area contributed by atoms with Gasteiger partial charge in [0.2, 0.25) is 0 Å². The summed E-state index contributed by atoms with van der Waals surface area (Å²) in [5, 5.41) is 0. The molecule has 0 bridgehead atoms. The highest BCUT2D eigenvalue weighted by Gasteiger charge is 2.46. The minimum absolute atomic E-state index is 0.0218. The molecule has 0 aromatic carbocycles. The lowest BCUT2D eigenvalue weighted by molar-refractivity contribution is -0.143. The standard InChI is InChI=1S/C17H25NO3/c1-2-9-19-13-15-5-3-7-17(15)14-18(8-11-21-17)12-16-6-4-10-20-16/h2,4,6,10,15H,1,3,5,7-9,11-14H2/t15-,17+/m0/s1. The molecular formula is C17H25NO3. The van der Waals surface area contributed by atoms with Crippen molar-refractivity contribution in [1.29, 1.82) is 0 Å². The van der Waals surface area contributed by atoms with E-state index >= 15 is 0 Å². The van der Waals surface area contributed by atoms with Gasteiger partial charge in [-0.25, -0.2) is 0 Å². The maximum atomic E-state index is 6.24. The Hall–Kier alpha value is -1.10. The lowest BCUT2D eigenvalue weighted by atomic mass is 9.89. The SMILES string of the molecule is C=CCOC[C@@H]1CCC[C@@]12CN(Cc1ccco1)CCO2. The van der Waals surface area contributed by atoms with E-state index in [1.807, 2.05) is 18.2 Å². The largest absolute Gasteiger partial charge is 0.468 e. The smallest absolute Gasteiger partial charge is 0.117 e. The van der Waals surface area contributed by atoms with Gasteiger partial charge in [0, 0.05) is 19.0 Å². The van der Waals surface area contributed by atoms with Gasteiger partial charge in [-0.05, 0) is 25.0 Å². The summed E-state index contributed by atoms with van der Waals surface area (Å²) >= 11 is 0. The summed E-state index contributed by atoms with van der Waals surface area (Å²) in [4.78, 5) is 2.45. The van der Waals surface area contributed by atoms with Gasteiger partial charge in [-0.3, -0.25) is 4.90 Å². The molecule has 1 saturated carbocycles. The van der Waals surface area contributed by atoms with Gasteiger partial charge >= 0.3 is 0 Å². The van der Waals surface area contributed by atoms with Crippen LogP contribution in [0, 0.1) is 5.92 Å². The van der Waals surface area contributed by atoms with Crippen LogP contribution >= 0.6 is 0 Å². The molecule has 2 fully saturated rings. The highest BCUT2D eigenvalue weighted by molar-refractivity contribution is 5.02. The zero-order valence-corrected chi connectivity index (χ0v) is 12.6. The third kappa shape index (κ3) is 3.39. The van der Waals surface area contributed by atoms with Crippen LogP contribution in [0.25, 0.3) is 0 Å². The molecule has 1 aliphatic carbocycles. The normalized spacial score (nSPS) is 30.0. The Morgan fingerprint density at radius 3 is 3.29 bits per heavy atom. The van der Waals surface area contributed by atoms with Gasteiger partial charge in [0.25, 0.3) is 0 Å². The van der Waals surface area contributed by atoms with Crippen molar-refractivity contribution >= 4 is 0 Å². The summed E-state index contributed by atoms with van der Waals surface area (Å²) in [5.74, 6) is 1.53. The van der Waals surface area contributed by atoms with E-state index in [-0.39, 0.29) is 5.60 Å². The zero-order chi connectivity index (χ0) is 14.5. The van der Waals surface area contributed by atoms with E-state index in [1.165, 1.54) is 12.8 Å². The van der Waals surface area contributed by atoms with Crippen LogP contribution in [0.5, 0.6) is 0 Å². The van der Waals surface area contributed by atoms with Crippen molar-refractivity contribution in [3.05, 3.63) is 36.8 Å². The van der Waals surface area contributed by atoms with Gasteiger partial charge in [-0.1, -0.05) is 12.5 Å². The molecule has 1 saturated heterocycles. The molecule has 2 heterocycles. The summed E-state index contributed by atoms with van der Waals surface area (Å²) in [6, 6.07) is 3.99. The molecule has 21 heavy (non-hydrogen) atoms. The Kier molecular flexibility index (Phi) is 4.78. The second-order valence-corrected chi connectivity index (χ2v) is 6.12. The van der Waals surface area contributed by atoms with Gasteiger partial charge in [-0.2, -0.15) is 0 Å². The first kappa shape index (κ1) is 14.8. The quantitative estimate of drug-likeness (QED) is 0.596. The Balaban J connectivity index is 1.61. The van der Waals surface area contributed by atoms with Crippen LogP contribution in [0.4, 0.5) is 0 Å². The molecule has 1 aliphatic heterocycles. The maximum absolute atomic E-state index is 6.24. The Bertz CT molecular complexity index is 445. The summed E-state index contributed by atoms with van der Waals surface area (Å²) < 4.78 is 17.4. The number of rotatable bonds is 6. The average molecular weight is 291 g/mol. The van der Waals surface area contributed by atoms with Crippen molar-refractivity contribution in [2.75, 3.05) is 32.9 Å². The zero-order valence-electron chi connectivity index (χ0n) is 12.6. The second kappa shape index (κ2) is 6.77. The monoisotopic (exact) mass is 291 g/mol. The van der Waals surface area contributed by atoms with Crippen LogP contribution in [0.15, 0.2) is 35.5 Å². The second-order valence-electron chi connectivity index (χ2n) is 6.12. The van der Waals surface area contributed by atoms with Crippen molar-refractivity contribution < 1.29 is 13.9 Å². The van der Waals surface area contributed by atoms with Gasteiger partial charge in [-0.15, -0.1) is 6.58 Å². The van der Waals surface area contributed by atoms with Crippen molar-refractivity contribution in [1.82, 2.24) is 4.90 Å². The molecule has 2 aliphatic rings. The van der Waals surface area contributed by atoms with Crippen molar-refractivity contribution in [2.45, 2.75) is 31.4 Å². The molecule has 4 nitrogen and oxygen atoms in total. The van der Waals surface area contributed by atoms with Crippen LogP contribution in [0.1, 0.15) is 25.0 Å². The van der Waals surface area contributed by atoms with Gasteiger partial charge in [0.05, 0.1) is 38.2 Å². The van der Waals surface area contributed by atoms with Crippen LogP contribution in [-0.4, -0.2) is 43.4 Å². The molecular weight excluding hydrogens is 266 g/mol. The van der Waals surface area contributed by atoms with Gasteiger partial charge < -0.3 is 13.9 Å². The third-order valence-electron chi connectivity index (χ3n) is 4.70. The van der Waals surface area contributed by atoms with E-state index in [0.717, 1.165) is 45.0 Å². The third-order valence-corrected chi connectivity index (χ3v) is 4.70. The number of nitrogens with zero attached hydrogens (tertiary/aromatic N) is 1. The Morgan fingerprint density at radius 2 is 2.48 bits per heavy atom. The molecule has 0 unspecified atom stereocenters. The van der Waals surface area contributed by atoms with Crippen LogP contribution < -0.4 is 0 Å². The number of hydrogen-bond acceptors (Lipinski definition) is 4. The van der Waals surface area contributed by atoms with Gasteiger partial charge in [0.1, 0.15) is 5.76 Å². The first-order valence-electron chi connectivity index (χ1n) is 7.90. The average Bonchev–Trinajstić information content (AvgIpc) is 3.11.